The van der Waals surface area contributed by atoms with Gasteiger partial charge in [0.15, 0.2) is 0 Å². The van der Waals surface area contributed by atoms with Gasteiger partial charge in [0, 0.05) is 47.4 Å². The number of thiazole rings is 1. The van der Waals surface area contributed by atoms with Gasteiger partial charge in [0.2, 0.25) is 8.32 Å². The molecule has 8 atom stereocenters. The van der Waals surface area contributed by atoms with Gasteiger partial charge in [0.25, 0.3) is 0 Å². The lowest BCUT2D eigenvalue weighted by Gasteiger charge is -2.58. The molecule has 3 fully saturated rings. The Hall–Kier alpha value is -3.01. The van der Waals surface area contributed by atoms with Gasteiger partial charge in [0.05, 0.1) is 6.61 Å². The van der Waals surface area contributed by atoms with Gasteiger partial charge in [-0.05, 0) is 102 Å². The summed E-state index contributed by atoms with van der Waals surface area (Å²) in [6.45, 7) is 14.0. The van der Waals surface area contributed by atoms with Crippen LogP contribution < -0.4 is 0 Å². The van der Waals surface area contributed by atoms with Gasteiger partial charge in [-0.3, -0.25) is 4.79 Å². The number of esters is 1. The van der Waals surface area contributed by atoms with Crippen LogP contribution in [0.1, 0.15) is 103 Å². The molecule has 2 aromatic carbocycles. The maximum atomic E-state index is 12.4. The molecular formula is C42H58N4O4SSi. The number of aliphatic hydroxyl groups is 1. The van der Waals surface area contributed by atoms with Gasteiger partial charge < -0.3 is 14.3 Å². The highest BCUT2D eigenvalue weighted by Crippen LogP contribution is 2.67. The number of benzene rings is 2. The van der Waals surface area contributed by atoms with E-state index in [4.69, 9.17) is 9.16 Å². The largest absolute Gasteiger partial charge is 0.466 e. The summed E-state index contributed by atoms with van der Waals surface area (Å²) in [6, 6.07) is 23.5. The lowest BCUT2D eigenvalue weighted by atomic mass is 9.48. The van der Waals surface area contributed by atoms with Crippen molar-refractivity contribution >= 4 is 25.6 Å². The first-order valence-electron chi connectivity index (χ1n) is 19.3. The minimum atomic E-state index is -2.52. The van der Waals surface area contributed by atoms with E-state index in [9.17, 15) is 15.4 Å². The summed E-state index contributed by atoms with van der Waals surface area (Å²) in [4.78, 5) is 20.2. The molecule has 0 bridgehead atoms. The Morgan fingerprint density at radius 1 is 1.00 bits per heavy atom. The lowest BCUT2D eigenvalue weighted by Crippen LogP contribution is -2.58. The minimum Gasteiger partial charge on any atom is -0.466 e. The summed E-state index contributed by atoms with van der Waals surface area (Å²) in [5.41, 5.74) is 10.7. The van der Waals surface area contributed by atoms with E-state index in [1.54, 1.807) is 6.20 Å². The van der Waals surface area contributed by atoms with Gasteiger partial charge in [-0.2, -0.15) is 0 Å². The summed E-state index contributed by atoms with van der Waals surface area (Å²) in [7, 11) is -2.52. The van der Waals surface area contributed by atoms with Crippen molar-refractivity contribution < 1.29 is 19.1 Å². The Balaban J connectivity index is 1.32. The molecule has 52 heavy (non-hydrogen) atoms. The van der Waals surface area contributed by atoms with Crippen LogP contribution in [-0.4, -0.2) is 43.6 Å². The molecule has 3 aliphatic rings. The molecule has 3 aliphatic carbocycles. The molecule has 280 valence electrons. The number of aromatic nitrogens is 1. The summed E-state index contributed by atoms with van der Waals surface area (Å²) >= 11 is 1.53. The van der Waals surface area contributed by atoms with Crippen molar-refractivity contribution in [3.05, 3.63) is 98.8 Å². The maximum absolute atomic E-state index is 12.4. The van der Waals surface area contributed by atoms with Crippen molar-refractivity contribution in [2.24, 2.45) is 39.6 Å². The highest BCUT2D eigenvalue weighted by atomic mass is 32.1. The van der Waals surface area contributed by atoms with Gasteiger partial charge in [-0.1, -0.05) is 100 Å². The Labute approximate surface area is 315 Å². The average Bonchev–Trinajstić information content (AvgIpc) is 3.75. The first-order chi connectivity index (χ1) is 24.7. The summed E-state index contributed by atoms with van der Waals surface area (Å²) in [6.07, 6.45) is 7.81. The van der Waals surface area contributed by atoms with Gasteiger partial charge in [-0.15, -0.1) is 11.3 Å². The second kappa shape index (κ2) is 15.4. The second-order valence-corrected chi connectivity index (χ2v) is 22.9. The third kappa shape index (κ3) is 7.39. The van der Waals surface area contributed by atoms with E-state index < -0.39 is 13.9 Å². The van der Waals surface area contributed by atoms with Crippen molar-refractivity contribution in [1.29, 1.82) is 0 Å². The monoisotopic (exact) mass is 742 g/mol. The average molecular weight is 743 g/mol. The first kappa shape index (κ1) is 38.7. The van der Waals surface area contributed by atoms with Crippen LogP contribution in [0.15, 0.2) is 77.4 Å². The summed E-state index contributed by atoms with van der Waals surface area (Å²) in [5, 5.41) is 19.2. The fourth-order valence-corrected chi connectivity index (χ4v) is 16.0. The zero-order valence-electron chi connectivity index (χ0n) is 32.0. The number of hydrogen-bond donors (Lipinski definition) is 1. The maximum Gasteiger partial charge on any atom is 0.302 e. The molecule has 1 heterocycles. The van der Waals surface area contributed by atoms with Crippen LogP contribution in [0, 0.1) is 34.5 Å². The Kier molecular flexibility index (Phi) is 11.4. The highest BCUT2D eigenvalue weighted by molar-refractivity contribution is 7.09. The lowest BCUT2D eigenvalue weighted by molar-refractivity contribution is -0.156. The molecule has 1 N–H and O–H groups in total. The molecule has 8 nitrogen and oxygen atoms in total. The van der Waals surface area contributed by atoms with E-state index in [-0.39, 0.29) is 51.6 Å². The number of ether oxygens (including phenoxy) is 1. The molecule has 0 aliphatic heterocycles. The van der Waals surface area contributed by atoms with Crippen LogP contribution in [0.2, 0.25) is 5.04 Å². The van der Waals surface area contributed by atoms with Crippen LogP contribution in [0.4, 0.5) is 0 Å². The predicted octanol–water partition coefficient (Wildman–Crippen LogP) is 10.1. The Morgan fingerprint density at radius 2 is 1.63 bits per heavy atom. The molecule has 10 heteroatoms. The van der Waals surface area contributed by atoms with E-state index in [1.165, 1.54) is 29.4 Å². The zero-order valence-corrected chi connectivity index (χ0v) is 33.8. The molecule has 0 saturated heterocycles. The van der Waals surface area contributed by atoms with E-state index in [1.807, 2.05) is 5.38 Å². The SMILES string of the molecule is CC(=O)OC[C@H]1C[C@@H](O[Si](Cc2ccccc2)(Cc2ccccc2)C(C)(C)C)CC[C@]1(C)[C@H]1CC[C@@]2(C)[C@@H](CC[C@@]2(O)c2nccs2)[C@@H]1CN=[N+]=[N-]. The van der Waals surface area contributed by atoms with Gasteiger partial charge in [-0.25, -0.2) is 4.98 Å². The van der Waals surface area contributed by atoms with Crippen LogP contribution in [0.3, 0.4) is 0 Å². The number of carbonyl (C=O) groups is 1. The van der Waals surface area contributed by atoms with Crippen molar-refractivity contribution in [3.8, 4) is 0 Å². The Morgan fingerprint density at radius 3 is 2.19 bits per heavy atom. The first-order valence-corrected chi connectivity index (χ1v) is 22.5. The minimum absolute atomic E-state index is 0.0397. The van der Waals surface area contributed by atoms with Crippen molar-refractivity contribution in [2.45, 2.75) is 115 Å². The van der Waals surface area contributed by atoms with Crippen LogP contribution >= 0.6 is 11.3 Å². The zero-order chi connectivity index (χ0) is 37.2. The number of azide groups is 1. The number of carbonyl (C=O) groups excluding carboxylic acids is 1. The molecule has 3 aromatic rings. The second-order valence-electron chi connectivity index (χ2n) is 17.6. The Bertz CT molecular complexity index is 1660. The van der Waals surface area contributed by atoms with Crippen LogP contribution in [0.5, 0.6) is 0 Å². The fraction of sp³-hybridized carbons (Fsp3) is 0.619. The van der Waals surface area contributed by atoms with Gasteiger partial charge >= 0.3 is 5.97 Å². The third-order valence-corrected chi connectivity index (χ3v) is 20.4. The predicted molar refractivity (Wildman–Crippen MR) is 210 cm³/mol. The molecule has 3 saturated carbocycles. The number of nitrogens with zero attached hydrogens (tertiary/aromatic N) is 4. The molecular weight excluding hydrogens is 685 g/mol. The molecule has 1 aromatic heterocycles. The van der Waals surface area contributed by atoms with Crippen molar-refractivity contribution in [1.82, 2.24) is 4.98 Å². The smallest absolute Gasteiger partial charge is 0.302 e. The summed E-state index contributed by atoms with van der Waals surface area (Å²) < 4.78 is 13.6. The quantitative estimate of drug-likeness (QED) is 0.0652. The highest BCUT2D eigenvalue weighted by Gasteiger charge is 2.65. The van der Waals surface area contributed by atoms with Crippen molar-refractivity contribution in [3.63, 3.8) is 0 Å². The molecule has 0 amide bonds. The van der Waals surface area contributed by atoms with Crippen LogP contribution in [0.25, 0.3) is 10.4 Å². The van der Waals surface area contributed by atoms with Crippen LogP contribution in [-0.2, 0) is 31.6 Å². The summed E-state index contributed by atoms with van der Waals surface area (Å²) in [5.74, 6) is 0.351. The number of hydrogen-bond acceptors (Lipinski definition) is 7. The fourth-order valence-electron chi connectivity index (χ4n) is 10.8. The third-order valence-electron chi connectivity index (χ3n) is 14.0. The van der Waals surface area contributed by atoms with E-state index >= 15 is 0 Å². The standard InChI is InChI=1S/C42H58N4O4SSi/c1-30(47)49-27-33-25-34(50-52(39(2,3)4,28-31-13-9-7-10-14-31)29-32-15-11-8-12-16-32)17-20-40(33,5)36-18-21-41(6)37(35(36)26-45-46-43)19-22-42(41,48)38-44-23-24-51-38/h7-16,23-24,33-37,48H,17-22,25-29H2,1-6H3/t33-,34+,35-,36+,37+,40+,41+,42-/m1/s1. The van der Waals surface area contributed by atoms with E-state index in [0.29, 0.717) is 19.6 Å². The molecule has 6 rings (SSSR count). The van der Waals surface area contributed by atoms with E-state index in [0.717, 1.165) is 55.6 Å². The van der Waals surface area contributed by atoms with Gasteiger partial charge in [0.1, 0.15) is 10.6 Å². The normalized spacial score (nSPS) is 32.1. The number of rotatable bonds is 12. The van der Waals surface area contributed by atoms with Crippen molar-refractivity contribution in [2.75, 3.05) is 13.2 Å². The van der Waals surface area contributed by atoms with E-state index in [2.05, 4.69) is 110 Å². The molecule has 0 unspecified atom stereocenters. The topological polar surface area (TPSA) is 117 Å². The number of fused-ring (bicyclic) bond motifs is 1. The molecule has 0 radical (unpaired) electrons. The molecule has 0 spiro atoms.